The minimum absolute atomic E-state index is 0.127. The molecular formula is C14H16BrNO6. The van der Waals surface area contributed by atoms with Crippen LogP contribution in [0.2, 0.25) is 0 Å². The van der Waals surface area contributed by atoms with Gasteiger partial charge in [0.15, 0.2) is 11.5 Å². The van der Waals surface area contributed by atoms with Crippen molar-refractivity contribution < 1.29 is 29.2 Å². The van der Waals surface area contributed by atoms with Crippen LogP contribution in [0.4, 0.5) is 0 Å². The number of ether oxygens (including phenoxy) is 4. The highest BCUT2D eigenvalue weighted by molar-refractivity contribution is 9.10. The summed E-state index contributed by atoms with van der Waals surface area (Å²) in [5.74, 6) is 1.35. The Morgan fingerprint density at radius 3 is 2.77 bits per heavy atom. The predicted octanol–water partition coefficient (Wildman–Crippen LogP) is 0.100. The van der Waals surface area contributed by atoms with Crippen molar-refractivity contribution in [3.8, 4) is 17.2 Å². The first kappa shape index (κ1) is 14.5. The third-order valence-corrected chi connectivity index (χ3v) is 5.38. The van der Waals surface area contributed by atoms with Crippen LogP contribution in [0.5, 0.6) is 17.2 Å². The molecule has 0 amide bonds. The third kappa shape index (κ3) is 1.88. The first-order valence-electron chi connectivity index (χ1n) is 6.97. The molecule has 22 heavy (non-hydrogen) atoms. The molecule has 2 aliphatic heterocycles. The van der Waals surface area contributed by atoms with Gasteiger partial charge in [-0.05, 0) is 27.6 Å². The van der Waals surface area contributed by atoms with Gasteiger partial charge in [0.05, 0.1) is 23.8 Å². The van der Waals surface area contributed by atoms with Gasteiger partial charge in [0, 0.05) is 12.0 Å². The average Bonchev–Trinajstić information content (AvgIpc) is 3.16. The second-order valence-electron chi connectivity index (χ2n) is 5.70. The minimum atomic E-state index is -1.04. The van der Waals surface area contributed by atoms with Crippen LogP contribution in [0.1, 0.15) is 11.5 Å². The lowest BCUT2D eigenvalue weighted by Crippen LogP contribution is -2.54. The van der Waals surface area contributed by atoms with E-state index in [9.17, 15) is 10.2 Å². The Morgan fingerprint density at radius 2 is 2.05 bits per heavy atom. The Kier molecular flexibility index (Phi) is 3.28. The predicted molar refractivity (Wildman–Crippen MR) is 78.2 cm³/mol. The second-order valence-corrected chi connectivity index (χ2v) is 6.49. The number of epoxide rings is 1. The summed E-state index contributed by atoms with van der Waals surface area (Å²) in [7, 11) is 1.54. The number of benzene rings is 1. The van der Waals surface area contributed by atoms with E-state index < -0.39 is 18.2 Å². The summed E-state index contributed by atoms with van der Waals surface area (Å²) >= 11 is 3.52. The summed E-state index contributed by atoms with van der Waals surface area (Å²) in [6.45, 7) is 0.127. The molecule has 3 aliphatic rings. The van der Waals surface area contributed by atoms with E-state index in [-0.39, 0.29) is 24.9 Å². The van der Waals surface area contributed by atoms with Gasteiger partial charge in [0.2, 0.25) is 12.5 Å². The Balaban J connectivity index is 1.80. The number of halogens is 1. The largest absolute Gasteiger partial charge is 0.492 e. The number of rotatable bonds is 2. The van der Waals surface area contributed by atoms with Gasteiger partial charge in [-0.1, -0.05) is 0 Å². The van der Waals surface area contributed by atoms with Gasteiger partial charge in [-0.25, -0.2) is 0 Å². The highest BCUT2D eigenvalue weighted by Crippen LogP contribution is 2.53. The monoisotopic (exact) mass is 373 g/mol. The molecule has 0 spiro atoms. The summed E-state index contributed by atoms with van der Waals surface area (Å²) in [4.78, 5) is 0. The first-order chi connectivity index (χ1) is 10.5. The SMILES string of the molecule is COc1c(Br)c([C@@H]2[C@@H](N)[C@H](O)[C@H](O)[C@H]3O[C@H]32)cc2c1OCO2. The number of hydrogen-bond donors (Lipinski definition) is 3. The highest BCUT2D eigenvalue weighted by Gasteiger charge is 2.60. The van der Waals surface area contributed by atoms with Crippen LogP contribution in [0.15, 0.2) is 10.5 Å². The molecular weight excluding hydrogens is 358 g/mol. The van der Waals surface area contributed by atoms with Crippen molar-refractivity contribution in [2.75, 3.05) is 13.9 Å². The van der Waals surface area contributed by atoms with Gasteiger partial charge in [0.1, 0.15) is 12.2 Å². The van der Waals surface area contributed by atoms with Gasteiger partial charge < -0.3 is 34.9 Å². The van der Waals surface area contributed by atoms with Crippen molar-refractivity contribution in [1.82, 2.24) is 0 Å². The Morgan fingerprint density at radius 1 is 1.27 bits per heavy atom. The smallest absolute Gasteiger partial charge is 0.231 e. The molecule has 4 N–H and O–H groups in total. The van der Waals surface area contributed by atoms with Gasteiger partial charge in [-0.15, -0.1) is 0 Å². The Bertz CT molecular complexity index is 626. The zero-order valence-electron chi connectivity index (χ0n) is 11.7. The molecule has 0 aromatic heterocycles. The maximum absolute atomic E-state index is 10.1. The molecule has 2 heterocycles. The lowest BCUT2D eigenvalue weighted by molar-refractivity contribution is -0.0204. The van der Waals surface area contributed by atoms with Crippen LogP contribution in [0.25, 0.3) is 0 Å². The number of aliphatic hydroxyl groups is 2. The Labute approximate surface area is 135 Å². The van der Waals surface area contributed by atoms with Crippen molar-refractivity contribution in [3.05, 3.63) is 16.1 Å². The Hall–Kier alpha value is -1.06. The van der Waals surface area contributed by atoms with Crippen molar-refractivity contribution >= 4 is 15.9 Å². The van der Waals surface area contributed by atoms with E-state index in [0.29, 0.717) is 21.7 Å². The topological polar surface area (TPSA) is 107 Å². The van der Waals surface area contributed by atoms with E-state index in [4.69, 9.17) is 24.7 Å². The van der Waals surface area contributed by atoms with Crippen molar-refractivity contribution in [2.24, 2.45) is 5.73 Å². The van der Waals surface area contributed by atoms with E-state index in [1.807, 2.05) is 6.07 Å². The van der Waals surface area contributed by atoms with Crippen molar-refractivity contribution in [3.63, 3.8) is 0 Å². The number of methoxy groups -OCH3 is 1. The fraction of sp³-hybridized carbons (Fsp3) is 0.571. The zero-order chi connectivity index (χ0) is 15.6. The summed E-state index contributed by atoms with van der Waals surface area (Å²) in [5.41, 5.74) is 6.96. The third-order valence-electron chi connectivity index (χ3n) is 4.56. The van der Waals surface area contributed by atoms with Gasteiger partial charge in [0.25, 0.3) is 0 Å². The summed E-state index contributed by atoms with van der Waals surface area (Å²) in [6.07, 6.45) is -2.61. The normalized spacial score (nSPS) is 38.6. The molecule has 0 bridgehead atoms. The molecule has 6 atom stereocenters. The maximum atomic E-state index is 10.1. The molecule has 1 saturated carbocycles. The van der Waals surface area contributed by atoms with Crippen LogP contribution in [-0.2, 0) is 4.74 Å². The van der Waals surface area contributed by atoms with Crippen LogP contribution in [0, 0.1) is 0 Å². The molecule has 2 fully saturated rings. The first-order valence-corrected chi connectivity index (χ1v) is 7.77. The summed E-state index contributed by atoms with van der Waals surface area (Å²) in [5, 5.41) is 20.0. The van der Waals surface area contributed by atoms with Gasteiger partial charge in [-0.2, -0.15) is 0 Å². The average molecular weight is 374 g/mol. The lowest BCUT2D eigenvalue weighted by Gasteiger charge is -2.34. The molecule has 0 unspecified atom stereocenters. The van der Waals surface area contributed by atoms with E-state index in [2.05, 4.69) is 15.9 Å². The van der Waals surface area contributed by atoms with Crippen LogP contribution < -0.4 is 19.9 Å². The van der Waals surface area contributed by atoms with E-state index in [0.717, 1.165) is 5.56 Å². The maximum Gasteiger partial charge on any atom is 0.231 e. The molecule has 4 rings (SSSR count). The molecule has 120 valence electrons. The highest BCUT2D eigenvalue weighted by atomic mass is 79.9. The quantitative estimate of drug-likeness (QED) is 0.631. The molecule has 0 radical (unpaired) electrons. The molecule has 1 aromatic rings. The minimum Gasteiger partial charge on any atom is -0.492 e. The molecule has 7 nitrogen and oxygen atoms in total. The number of aliphatic hydroxyl groups excluding tert-OH is 2. The van der Waals surface area contributed by atoms with Crippen molar-refractivity contribution in [2.45, 2.75) is 36.4 Å². The number of hydrogen-bond acceptors (Lipinski definition) is 7. The fourth-order valence-electron chi connectivity index (χ4n) is 3.37. The van der Waals surface area contributed by atoms with Crippen LogP contribution in [0.3, 0.4) is 0 Å². The van der Waals surface area contributed by atoms with Crippen LogP contribution in [-0.4, -0.2) is 54.6 Å². The van der Waals surface area contributed by atoms with Gasteiger partial charge >= 0.3 is 0 Å². The molecule has 1 saturated heterocycles. The number of fused-ring (bicyclic) bond motifs is 2. The molecule has 8 heteroatoms. The second kappa shape index (κ2) is 4.97. The van der Waals surface area contributed by atoms with E-state index >= 15 is 0 Å². The molecule has 1 aromatic carbocycles. The zero-order valence-corrected chi connectivity index (χ0v) is 13.3. The summed E-state index contributed by atoms with van der Waals surface area (Å²) in [6, 6.07) is 1.17. The fourth-order valence-corrected chi connectivity index (χ4v) is 4.09. The standard InChI is InChI=1S/C14H16BrNO6/c1-19-13-7(15)4(2-5-11(13)21-3-20-5)6-8(16)9(17)10(18)14-12(6)22-14/h2,6,8-10,12,14,17-18H,3,16H2,1H3/t6-,8-,9+,10+,12+,14-/m1/s1. The van der Waals surface area contributed by atoms with Gasteiger partial charge in [-0.3, -0.25) is 0 Å². The lowest BCUT2D eigenvalue weighted by atomic mass is 9.77. The number of nitrogens with two attached hydrogens (primary N) is 1. The van der Waals surface area contributed by atoms with E-state index in [1.54, 1.807) is 7.11 Å². The van der Waals surface area contributed by atoms with Crippen molar-refractivity contribution in [1.29, 1.82) is 0 Å². The van der Waals surface area contributed by atoms with Crippen LogP contribution >= 0.6 is 15.9 Å². The van der Waals surface area contributed by atoms with E-state index in [1.165, 1.54) is 0 Å². The molecule has 1 aliphatic carbocycles. The summed E-state index contributed by atoms with van der Waals surface area (Å²) < 4.78 is 22.5.